The molecule has 0 radical (unpaired) electrons. The van der Waals surface area contributed by atoms with Crippen molar-refractivity contribution < 1.29 is 5.11 Å². The van der Waals surface area contributed by atoms with Crippen LogP contribution in [0, 0.1) is 0 Å². The van der Waals surface area contributed by atoms with Gasteiger partial charge in [0.15, 0.2) is 0 Å². The van der Waals surface area contributed by atoms with Crippen LogP contribution in [0.15, 0.2) is 24.3 Å². The standard InChI is InChI=1S/C13H18N2O/c1-9(2)15-12(8-16)6-11-5-10(7-14)3-4-13(11)15/h3-6,9,16H,7-8,14H2,1-2H3. The van der Waals surface area contributed by atoms with Crippen LogP contribution >= 0.6 is 0 Å². The molecule has 0 spiro atoms. The smallest absolute Gasteiger partial charge is 0.0833 e. The Kier molecular flexibility index (Phi) is 2.99. The van der Waals surface area contributed by atoms with Crippen LogP contribution < -0.4 is 5.73 Å². The Morgan fingerprint density at radius 3 is 2.62 bits per heavy atom. The first-order chi connectivity index (χ1) is 7.67. The van der Waals surface area contributed by atoms with Crippen molar-refractivity contribution in [3.63, 3.8) is 0 Å². The zero-order valence-corrected chi connectivity index (χ0v) is 9.77. The molecule has 3 N–H and O–H groups in total. The molecule has 2 rings (SSSR count). The van der Waals surface area contributed by atoms with Crippen molar-refractivity contribution >= 4 is 10.9 Å². The first kappa shape index (κ1) is 11.2. The molecule has 3 nitrogen and oxygen atoms in total. The van der Waals surface area contributed by atoms with Gasteiger partial charge in [-0.1, -0.05) is 6.07 Å². The number of aliphatic hydroxyl groups excluding tert-OH is 1. The molecule has 0 saturated carbocycles. The first-order valence-electron chi connectivity index (χ1n) is 5.61. The van der Waals surface area contributed by atoms with E-state index in [1.807, 2.05) is 12.1 Å². The van der Waals surface area contributed by atoms with Gasteiger partial charge in [-0.05, 0) is 37.6 Å². The molecule has 1 heterocycles. The quantitative estimate of drug-likeness (QED) is 0.829. The average molecular weight is 218 g/mol. The second kappa shape index (κ2) is 4.28. The summed E-state index contributed by atoms with van der Waals surface area (Å²) in [5.74, 6) is 0. The Bertz CT molecular complexity index is 500. The summed E-state index contributed by atoms with van der Waals surface area (Å²) in [5.41, 5.74) is 8.87. The molecule has 0 aliphatic rings. The van der Waals surface area contributed by atoms with E-state index < -0.39 is 0 Å². The van der Waals surface area contributed by atoms with Crippen LogP contribution in [0.25, 0.3) is 10.9 Å². The molecular formula is C13H18N2O. The first-order valence-corrected chi connectivity index (χ1v) is 5.61. The predicted molar refractivity (Wildman–Crippen MR) is 66.1 cm³/mol. The van der Waals surface area contributed by atoms with Gasteiger partial charge >= 0.3 is 0 Å². The number of aromatic nitrogens is 1. The van der Waals surface area contributed by atoms with Crippen LogP contribution in [0.4, 0.5) is 0 Å². The molecule has 0 amide bonds. The monoisotopic (exact) mass is 218 g/mol. The molecule has 1 aromatic carbocycles. The van der Waals surface area contributed by atoms with Crippen molar-refractivity contribution in [1.82, 2.24) is 4.57 Å². The summed E-state index contributed by atoms with van der Waals surface area (Å²) in [6, 6.07) is 8.60. The number of hydrogen-bond acceptors (Lipinski definition) is 2. The van der Waals surface area contributed by atoms with Gasteiger partial charge in [0.05, 0.1) is 6.61 Å². The summed E-state index contributed by atoms with van der Waals surface area (Å²) in [6.45, 7) is 4.87. The second-order valence-electron chi connectivity index (χ2n) is 4.35. The van der Waals surface area contributed by atoms with Crippen LogP contribution in [-0.2, 0) is 13.2 Å². The number of aliphatic hydroxyl groups is 1. The van der Waals surface area contributed by atoms with Gasteiger partial charge < -0.3 is 15.4 Å². The van der Waals surface area contributed by atoms with Crippen LogP contribution in [0.3, 0.4) is 0 Å². The van der Waals surface area contributed by atoms with Gasteiger partial charge in [-0.25, -0.2) is 0 Å². The maximum atomic E-state index is 9.35. The molecule has 2 aromatic rings. The highest BCUT2D eigenvalue weighted by Crippen LogP contribution is 2.25. The van der Waals surface area contributed by atoms with Gasteiger partial charge in [0.2, 0.25) is 0 Å². The Balaban J connectivity index is 2.67. The van der Waals surface area contributed by atoms with Crippen molar-refractivity contribution in [3.8, 4) is 0 Å². The molecular weight excluding hydrogens is 200 g/mol. The van der Waals surface area contributed by atoms with E-state index in [1.165, 1.54) is 0 Å². The van der Waals surface area contributed by atoms with Gasteiger partial charge in [-0.3, -0.25) is 0 Å². The highest BCUT2D eigenvalue weighted by molar-refractivity contribution is 5.82. The van der Waals surface area contributed by atoms with Gasteiger partial charge in [-0.15, -0.1) is 0 Å². The lowest BCUT2D eigenvalue weighted by Crippen LogP contribution is -2.05. The van der Waals surface area contributed by atoms with Crippen LogP contribution in [0.1, 0.15) is 31.1 Å². The lowest BCUT2D eigenvalue weighted by atomic mass is 10.1. The third-order valence-corrected chi connectivity index (χ3v) is 2.90. The fourth-order valence-electron chi connectivity index (χ4n) is 2.20. The van der Waals surface area contributed by atoms with E-state index in [0.29, 0.717) is 12.6 Å². The maximum absolute atomic E-state index is 9.35. The molecule has 0 bridgehead atoms. The third kappa shape index (κ3) is 1.72. The van der Waals surface area contributed by atoms with Crippen molar-refractivity contribution in [1.29, 1.82) is 0 Å². The van der Waals surface area contributed by atoms with Crippen molar-refractivity contribution in [2.24, 2.45) is 5.73 Å². The van der Waals surface area contributed by atoms with Gasteiger partial charge in [0.1, 0.15) is 0 Å². The fourth-order valence-corrected chi connectivity index (χ4v) is 2.20. The summed E-state index contributed by atoms with van der Waals surface area (Å²) in [5, 5.41) is 10.5. The van der Waals surface area contributed by atoms with Crippen molar-refractivity contribution in [3.05, 3.63) is 35.5 Å². The van der Waals surface area contributed by atoms with Gasteiger partial charge in [0, 0.05) is 29.2 Å². The van der Waals surface area contributed by atoms with E-state index in [-0.39, 0.29) is 6.61 Å². The summed E-state index contributed by atoms with van der Waals surface area (Å²) in [7, 11) is 0. The fraction of sp³-hybridized carbons (Fsp3) is 0.385. The molecule has 0 saturated heterocycles. The lowest BCUT2D eigenvalue weighted by molar-refractivity contribution is 0.269. The molecule has 0 aliphatic carbocycles. The molecule has 0 atom stereocenters. The number of fused-ring (bicyclic) bond motifs is 1. The molecule has 0 unspecified atom stereocenters. The van der Waals surface area contributed by atoms with Crippen molar-refractivity contribution in [2.45, 2.75) is 33.0 Å². The van der Waals surface area contributed by atoms with E-state index >= 15 is 0 Å². The summed E-state index contributed by atoms with van der Waals surface area (Å²) in [4.78, 5) is 0. The normalized spacial score (nSPS) is 11.6. The minimum Gasteiger partial charge on any atom is -0.390 e. The highest BCUT2D eigenvalue weighted by Gasteiger charge is 2.10. The van der Waals surface area contributed by atoms with E-state index in [2.05, 4.69) is 30.5 Å². The number of hydrogen-bond donors (Lipinski definition) is 2. The van der Waals surface area contributed by atoms with Gasteiger partial charge in [0.25, 0.3) is 0 Å². The zero-order chi connectivity index (χ0) is 11.7. The zero-order valence-electron chi connectivity index (χ0n) is 9.77. The van der Waals surface area contributed by atoms with E-state index in [1.54, 1.807) is 0 Å². The largest absolute Gasteiger partial charge is 0.390 e. The second-order valence-corrected chi connectivity index (χ2v) is 4.35. The molecule has 1 aromatic heterocycles. The minimum absolute atomic E-state index is 0.0742. The minimum atomic E-state index is 0.0742. The van der Waals surface area contributed by atoms with Gasteiger partial charge in [-0.2, -0.15) is 0 Å². The Morgan fingerprint density at radius 1 is 1.31 bits per heavy atom. The van der Waals surface area contributed by atoms with E-state index in [4.69, 9.17) is 5.73 Å². The Morgan fingerprint density at radius 2 is 2.06 bits per heavy atom. The number of benzene rings is 1. The van der Waals surface area contributed by atoms with E-state index in [0.717, 1.165) is 22.2 Å². The van der Waals surface area contributed by atoms with Crippen LogP contribution in [-0.4, -0.2) is 9.67 Å². The maximum Gasteiger partial charge on any atom is 0.0833 e. The lowest BCUT2D eigenvalue weighted by Gasteiger charge is -2.13. The molecule has 3 heteroatoms. The third-order valence-electron chi connectivity index (χ3n) is 2.90. The molecule has 0 fully saturated rings. The Labute approximate surface area is 95.5 Å². The topological polar surface area (TPSA) is 51.2 Å². The average Bonchev–Trinajstić information content (AvgIpc) is 2.65. The van der Waals surface area contributed by atoms with Crippen LogP contribution in [0.2, 0.25) is 0 Å². The highest BCUT2D eigenvalue weighted by atomic mass is 16.3. The van der Waals surface area contributed by atoms with E-state index in [9.17, 15) is 5.11 Å². The summed E-state index contributed by atoms with van der Waals surface area (Å²) < 4.78 is 2.16. The summed E-state index contributed by atoms with van der Waals surface area (Å²) >= 11 is 0. The molecule has 0 aliphatic heterocycles. The predicted octanol–water partition coefficient (Wildman–Crippen LogP) is 2.17. The van der Waals surface area contributed by atoms with Crippen LogP contribution in [0.5, 0.6) is 0 Å². The molecule has 86 valence electrons. The molecule has 16 heavy (non-hydrogen) atoms. The summed E-state index contributed by atoms with van der Waals surface area (Å²) in [6.07, 6.45) is 0. The number of nitrogens with zero attached hydrogens (tertiary/aromatic N) is 1. The SMILES string of the molecule is CC(C)n1c(CO)cc2cc(CN)ccc21. The number of rotatable bonds is 3. The Hall–Kier alpha value is -1.32. The number of nitrogens with two attached hydrogens (primary N) is 1. The van der Waals surface area contributed by atoms with Crippen molar-refractivity contribution in [2.75, 3.05) is 0 Å².